The Labute approximate surface area is 90.1 Å². The molecule has 0 amide bonds. The molecule has 14 heavy (non-hydrogen) atoms. The van der Waals surface area contributed by atoms with Gasteiger partial charge in [0, 0.05) is 17.1 Å². The number of nitriles is 1. The number of piperidine rings is 1. The second-order valence-corrected chi connectivity index (χ2v) is 5.01. The van der Waals surface area contributed by atoms with E-state index >= 15 is 0 Å². The van der Waals surface area contributed by atoms with Crippen molar-refractivity contribution in [3.05, 3.63) is 11.6 Å². The summed E-state index contributed by atoms with van der Waals surface area (Å²) in [6, 6.07) is 3.44. The van der Waals surface area contributed by atoms with E-state index in [9.17, 15) is 5.26 Å². The molecule has 0 aromatic heterocycles. The van der Waals surface area contributed by atoms with E-state index < -0.39 is 5.41 Å². The maximum absolute atomic E-state index is 9.25. The molecule has 3 heteroatoms. The number of rotatable bonds is 1. The van der Waals surface area contributed by atoms with E-state index in [1.807, 2.05) is 0 Å². The zero-order valence-electron chi connectivity index (χ0n) is 8.46. The van der Waals surface area contributed by atoms with E-state index in [2.05, 4.69) is 24.6 Å². The van der Waals surface area contributed by atoms with Crippen LogP contribution >= 0.6 is 11.6 Å². The van der Waals surface area contributed by atoms with Gasteiger partial charge in [0.2, 0.25) is 0 Å². The molecule has 2 aliphatic heterocycles. The molecule has 2 saturated heterocycles. The third-order valence-corrected chi connectivity index (χ3v) is 4.25. The Kier molecular flexibility index (Phi) is 2.33. The lowest BCUT2D eigenvalue weighted by Gasteiger charge is -2.40. The van der Waals surface area contributed by atoms with Gasteiger partial charge in [0.1, 0.15) is 0 Å². The maximum atomic E-state index is 9.25. The summed E-state index contributed by atoms with van der Waals surface area (Å²) in [5.41, 5.74) is -0.458. The first kappa shape index (κ1) is 10.0. The summed E-state index contributed by atoms with van der Waals surface area (Å²) in [5, 5.41) is 9.78. The lowest BCUT2D eigenvalue weighted by Crippen LogP contribution is -2.45. The minimum absolute atomic E-state index is 0.458. The molecule has 0 spiro atoms. The minimum atomic E-state index is -0.458. The van der Waals surface area contributed by atoms with E-state index in [1.54, 1.807) is 0 Å². The molecule has 0 radical (unpaired) electrons. The van der Waals surface area contributed by atoms with Gasteiger partial charge in [-0.15, -0.1) is 0 Å². The molecule has 2 unspecified atom stereocenters. The largest absolute Gasteiger partial charge is 0.300 e. The zero-order chi connectivity index (χ0) is 10.3. The highest BCUT2D eigenvalue weighted by atomic mass is 35.5. The number of hydrogen-bond acceptors (Lipinski definition) is 2. The zero-order valence-corrected chi connectivity index (χ0v) is 9.22. The Morgan fingerprint density at radius 1 is 1.50 bits per heavy atom. The first-order valence-corrected chi connectivity index (χ1v) is 5.45. The molecule has 2 nitrogen and oxygen atoms in total. The fraction of sp³-hybridized carbons (Fsp3) is 0.727. The second kappa shape index (κ2) is 3.25. The fourth-order valence-corrected chi connectivity index (χ4v) is 3.04. The number of fused-ring (bicyclic) bond motifs is 2. The number of nitrogens with zero attached hydrogens (tertiary/aromatic N) is 2. The molecule has 2 bridgehead atoms. The van der Waals surface area contributed by atoms with Crippen molar-refractivity contribution in [2.45, 2.75) is 37.8 Å². The van der Waals surface area contributed by atoms with E-state index in [4.69, 9.17) is 11.6 Å². The van der Waals surface area contributed by atoms with E-state index in [0.717, 1.165) is 12.8 Å². The normalized spacial score (nSPS) is 42.1. The van der Waals surface area contributed by atoms with Gasteiger partial charge in [-0.25, -0.2) is 0 Å². The van der Waals surface area contributed by atoms with Crippen LogP contribution in [0.25, 0.3) is 0 Å². The van der Waals surface area contributed by atoms with Crippen molar-refractivity contribution in [2.24, 2.45) is 5.41 Å². The van der Waals surface area contributed by atoms with Crippen LogP contribution in [0.2, 0.25) is 0 Å². The summed E-state index contributed by atoms with van der Waals surface area (Å²) < 4.78 is 0. The quantitative estimate of drug-likeness (QED) is 0.665. The molecule has 2 fully saturated rings. The highest BCUT2D eigenvalue weighted by molar-refractivity contribution is 6.30. The molecule has 76 valence electrons. The second-order valence-electron chi connectivity index (χ2n) is 4.56. The SMILES string of the molecule is C=C(Cl)C1(C#N)CC2CCC(C1)N2C. The molecular weight excluding hydrogens is 196 g/mol. The van der Waals surface area contributed by atoms with E-state index in [0.29, 0.717) is 17.1 Å². The molecule has 2 atom stereocenters. The average Bonchev–Trinajstić information content (AvgIpc) is 2.42. The molecule has 2 rings (SSSR count). The van der Waals surface area contributed by atoms with Gasteiger partial charge in [-0.05, 0) is 32.7 Å². The molecule has 0 N–H and O–H groups in total. The smallest absolute Gasteiger partial charge is 0.0952 e. The Morgan fingerprint density at radius 2 is 2.00 bits per heavy atom. The number of hydrogen-bond donors (Lipinski definition) is 0. The molecule has 2 aliphatic rings. The third kappa shape index (κ3) is 1.27. The van der Waals surface area contributed by atoms with E-state index in [1.165, 1.54) is 12.8 Å². The molecule has 0 saturated carbocycles. The third-order valence-electron chi connectivity index (χ3n) is 3.89. The van der Waals surface area contributed by atoms with Crippen molar-refractivity contribution in [2.75, 3.05) is 7.05 Å². The van der Waals surface area contributed by atoms with Crippen molar-refractivity contribution < 1.29 is 0 Å². The standard InChI is InChI=1S/C11H15ClN2/c1-8(12)11(7-13)5-9-3-4-10(6-11)14(9)2/h9-10H,1,3-6H2,2H3. The molecule has 0 aromatic rings. The van der Waals surface area contributed by atoms with Crippen LogP contribution in [-0.2, 0) is 0 Å². The van der Waals surface area contributed by atoms with Crippen LogP contribution in [0.15, 0.2) is 11.6 Å². The summed E-state index contributed by atoms with van der Waals surface area (Å²) in [6.07, 6.45) is 4.13. The van der Waals surface area contributed by atoms with Gasteiger partial charge < -0.3 is 4.90 Å². The lowest BCUT2D eigenvalue weighted by atomic mass is 9.76. The monoisotopic (exact) mass is 210 g/mol. The molecule has 0 aliphatic carbocycles. The summed E-state index contributed by atoms with van der Waals surface area (Å²) in [6.45, 7) is 3.77. The first-order valence-electron chi connectivity index (χ1n) is 5.07. The summed E-state index contributed by atoms with van der Waals surface area (Å²) in [7, 11) is 2.15. The van der Waals surface area contributed by atoms with Gasteiger partial charge >= 0.3 is 0 Å². The Balaban J connectivity index is 2.27. The highest BCUT2D eigenvalue weighted by Gasteiger charge is 2.48. The van der Waals surface area contributed by atoms with Gasteiger partial charge in [0.15, 0.2) is 0 Å². The van der Waals surface area contributed by atoms with Crippen LogP contribution in [0.3, 0.4) is 0 Å². The van der Waals surface area contributed by atoms with Gasteiger partial charge in [-0.1, -0.05) is 18.2 Å². The van der Waals surface area contributed by atoms with Crippen LogP contribution in [-0.4, -0.2) is 24.0 Å². The van der Waals surface area contributed by atoms with Gasteiger partial charge in [-0.2, -0.15) is 5.26 Å². The molecule has 2 heterocycles. The van der Waals surface area contributed by atoms with Crippen LogP contribution in [0.1, 0.15) is 25.7 Å². The average molecular weight is 211 g/mol. The predicted molar refractivity (Wildman–Crippen MR) is 56.8 cm³/mol. The van der Waals surface area contributed by atoms with Crippen molar-refractivity contribution in [1.82, 2.24) is 4.90 Å². The van der Waals surface area contributed by atoms with Crippen LogP contribution in [0, 0.1) is 16.7 Å². The predicted octanol–water partition coefficient (Wildman–Crippen LogP) is 2.51. The Bertz CT molecular complexity index is 291. The number of halogens is 1. The van der Waals surface area contributed by atoms with Gasteiger partial charge in [0.05, 0.1) is 11.5 Å². The van der Waals surface area contributed by atoms with Crippen molar-refractivity contribution in [1.29, 1.82) is 5.26 Å². The van der Waals surface area contributed by atoms with Crippen LogP contribution in [0.4, 0.5) is 0 Å². The fourth-order valence-electron chi connectivity index (χ4n) is 2.84. The molecule has 0 aromatic carbocycles. The summed E-state index contributed by atoms with van der Waals surface area (Å²) in [4.78, 5) is 2.40. The minimum Gasteiger partial charge on any atom is -0.300 e. The first-order chi connectivity index (χ1) is 6.59. The van der Waals surface area contributed by atoms with Crippen LogP contribution in [0.5, 0.6) is 0 Å². The topological polar surface area (TPSA) is 27.0 Å². The number of allylic oxidation sites excluding steroid dienone is 1. The van der Waals surface area contributed by atoms with Crippen LogP contribution < -0.4 is 0 Å². The van der Waals surface area contributed by atoms with Crippen molar-refractivity contribution in [3.63, 3.8) is 0 Å². The Hall–Kier alpha value is -0.520. The van der Waals surface area contributed by atoms with Crippen molar-refractivity contribution >= 4 is 11.6 Å². The van der Waals surface area contributed by atoms with Gasteiger partial charge in [-0.3, -0.25) is 0 Å². The maximum Gasteiger partial charge on any atom is 0.0952 e. The highest BCUT2D eigenvalue weighted by Crippen LogP contribution is 2.48. The summed E-state index contributed by atoms with van der Waals surface area (Å²) in [5.74, 6) is 0. The van der Waals surface area contributed by atoms with Crippen molar-refractivity contribution in [3.8, 4) is 6.07 Å². The van der Waals surface area contributed by atoms with E-state index in [-0.39, 0.29) is 0 Å². The van der Waals surface area contributed by atoms with Gasteiger partial charge in [0.25, 0.3) is 0 Å². The molecular formula is C11H15ClN2. The Morgan fingerprint density at radius 3 is 2.36 bits per heavy atom. The lowest BCUT2D eigenvalue weighted by molar-refractivity contribution is 0.120. The summed E-state index contributed by atoms with van der Waals surface area (Å²) >= 11 is 5.98.